The van der Waals surface area contributed by atoms with Gasteiger partial charge in [0.25, 0.3) is 0 Å². The Morgan fingerprint density at radius 2 is 1.82 bits per heavy atom. The monoisotopic (exact) mass is 519 g/mol. The Balaban J connectivity index is 0.000000406. The third-order valence-electron chi connectivity index (χ3n) is 6.10. The highest BCUT2D eigenvalue weighted by atomic mass is 32.2. The summed E-state index contributed by atoms with van der Waals surface area (Å²) in [7, 11) is -3.40. The first-order valence-corrected chi connectivity index (χ1v) is 13.1. The van der Waals surface area contributed by atoms with Gasteiger partial charge in [-0.25, -0.2) is 18.2 Å². The fraction of sp³-hybridized carbons (Fsp3) is 0.545. The number of carbonyl (C=O) groups is 1. The number of halogens is 3. The first-order valence-electron chi connectivity index (χ1n) is 10.8. The number of carboxylic acids is 1. The van der Waals surface area contributed by atoms with Crippen LogP contribution in [-0.2, 0) is 26.1 Å². The lowest BCUT2D eigenvalue weighted by Gasteiger charge is -2.39. The molecule has 1 fully saturated rings. The summed E-state index contributed by atoms with van der Waals surface area (Å²) in [5, 5.41) is 7.12. The van der Waals surface area contributed by atoms with Gasteiger partial charge in [0.1, 0.15) is 4.75 Å². The number of anilines is 1. The number of thiazole rings is 1. The molecule has 0 unspecified atom stereocenters. The Kier molecular flexibility index (Phi) is 7.63. The normalized spacial score (nSPS) is 19.1. The van der Waals surface area contributed by atoms with Gasteiger partial charge in [0.15, 0.2) is 0 Å². The van der Waals surface area contributed by atoms with E-state index in [2.05, 4.69) is 23.7 Å². The molecule has 7 nitrogen and oxygen atoms in total. The number of hydrogen-bond donors (Lipinski definition) is 1. The van der Waals surface area contributed by atoms with E-state index in [1.807, 2.05) is 36.7 Å². The molecule has 1 aromatic carbocycles. The first kappa shape index (κ1) is 26.4. The number of aryl methyl sites for hydroxylation is 1. The van der Waals surface area contributed by atoms with E-state index in [1.165, 1.54) is 4.88 Å². The highest BCUT2D eigenvalue weighted by Gasteiger charge is 2.56. The molecule has 188 valence electrons. The van der Waals surface area contributed by atoms with E-state index < -0.39 is 26.9 Å². The lowest BCUT2D eigenvalue weighted by Crippen LogP contribution is -2.48. The fourth-order valence-corrected chi connectivity index (χ4v) is 7.67. The maximum absolute atomic E-state index is 13.6. The van der Waals surface area contributed by atoms with Crippen LogP contribution in [0.4, 0.5) is 18.9 Å². The van der Waals surface area contributed by atoms with E-state index in [1.54, 1.807) is 15.6 Å². The maximum atomic E-state index is 13.6. The van der Waals surface area contributed by atoms with Crippen molar-refractivity contribution in [3.8, 4) is 0 Å². The number of fused-ring (bicyclic) bond motifs is 2. The van der Waals surface area contributed by atoms with Crippen LogP contribution in [0.2, 0.25) is 0 Å². The Labute approximate surface area is 201 Å². The molecular weight excluding hydrogens is 491 g/mol. The molecular formula is C22H28F3N3O4S2. The Hall–Kier alpha value is -2.18. The number of alkyl halides is 3. The van der Waals surface area contributed by atoms with Gasteiger partial charge in [0.05, 0.1) is 16.9 Å². The van der Waals surface area contributed by atoms with Gasteiger partial charge in [-0.1, -0.05) is 32.0 Å². The molecule has 1 aromatic heterocycles. The van der Waals surface area contributed by atoms with Crippen LogP contribution >= 0.6 is 11.3 Å². The van der Waals surface area contributed by atoms with Crippen LogP contribution in [0.25, 0.3) is 0 Å². The predicted octanol–water partition coefficient (Wildman–Crippen LogP) is 4.38. The van der Waals surface area contributed by atoms with E-state index >= 15 is 0 Å². The number of aromatic nitrogens is 1. The zero-order valence-electron chi connectivity index (χ0n) is 19.2. The van der Waals surface area contributed by atoms with Gasteiger partial charge >= 0.3 is 12.1 Å². The van der Waals surface area contributed by atoms with Crippen molar-refractivity contribution in [3.63, 3.8) is 0 Å². The van der Waals surface area contributed by atoms with Gasteiger partial charge in [0.2, 0.25) is 10.0 Å². The standard InChI is InChI=1S/C20H27N3O2S2.C2HF3O2/c1-15(2)12-23-18-7-5-4-6-17(18)20(27(23,24)25)8-10-22(11-9-20)13-19-16(3)21-14-26-19;3-2(4,5)1(6)7/h4-7,14-15H,8-13H2,1-3H3;(H,6,7). The number of rotatable bonds is 4. The van der Waals surface area contributed by atoms with E-state index in [0.29, 0.717) is 19.4 Å². The van der Waals surface area contributed by atoms with Crippen LogP contribution < -0.4 is 4.31 Å². The lowest BCUT2D eigenvalue weighted by atomic mass is 9.87. The summed E-state index contributed by atoms with van der Waals surface area (Å²) in [6, 6.07) is 7.91. The molecule has 1 N–H and O–H groups in total. The molecule has 0 radical (unpaired) electrons. The molecule has 2 aliphatic heterocycles. The smallest absolute Gasteiger partial charge is 0.475 e. The summed E-state index contributed by atoms with van der Waals surface area (Å²) in [6.45, 7) is 9.18. The van der Waals surface area contributed by atoms with Crippen LogP contribution in [0.5, 0.6) is 0 Å². The van der Waals surface area contributed by atoms with Crippen molar-refractivity contribution in [2.75, 3.05) is 23.9 Å². The Bertz CT molecular complexity index is 1120. The van der Waals surface area contributed by atoms with Crippen molar-refractivity contribution in [1.82, 2.24) is 9.88 Å². The van der Waals surface area contributed by atoms with Crippen LogP contribution in [0, 0.1) is 12.8 Å². The van der Waals surface area contributed by atoms with Crippen molar-refractivity contribution in [2.24, 2.45) is 5.92 Å². The topological polar surface area (TPSA) is 90.8 Å². The average molecular weight is 520 g/mol. The molecule has 3 heterocycles. The number of para-hydroxylation sites is 1. The van der Waals surface area contributed by atoms with E-state index in [0.717, 1.165) is 36.6 Å². The third kappa shape index (κ3) is 5.08. The summed E-state index contributed by atoms with van der Waals surface area (Å²) in [4.78, 5) is 16.9. The first-order chi connectivity index (χ1) is 15.8. The van der Waals surface area contributed by atoms with Crippen molar-refractivity contribution in [3.05, 3.63) is 45.9 Å². The third-order valence-corrected chi connectivity index (χ3v) is 9.56. The van der Waals surface area contributed by atoms with Gasteiger partial charge in [-0.3, -0.25) is 9.21 Å². The number of sulfonamides is 1. The zero-order valence-corrected chi connectivity index (χ0v) is 20.8. The summed E-state index contributed by atoms with van der Waals surface area (Å²) in [6.07, 6.45) is -3.78. The second-order valence-electron chi connectivity index (χ2n) is 8.88. The molecule has 2 aromatic rings. The van der Waals surface area contributed by atoms with E-state index in [-0.39, 0.29) is 5.92 Å². The molecule has 34 heavy (non-hydrogen) atoms. The van der Waals surface area contributed by atoms with Gasteiger partial charge in [-0.2, -0.15) is 13.2 Å². The summed E-state index contributed by atoms with van der Waals surface area (Å²) >= 11 is 1.68. The second kappa shape index (κ2) is 9.82. The van der Waals surface area contributed by atoms with E-state index in [4.69, 9.17) is 9.90 Å². The molecule has 0 saturated carbocycles. The van der Waals surface area contributed by atoms with Crippen LogP contribution in [0.3, 0.4) is 0 Å². The number of likely N-dealkylation sites (tertiary alicyclic amines) is 1. The van der Waals surface area contributed by atoms with Crippen LogP contribution in [0.15, 0.2) is 29.8 Å². The number of hydrogen-bond acceptors (Lipinski definition) is 6. The van der Waals surface area contributed by atoms with Crippen molar-refractivity contribution >= 4 is 33.0 Å². The average Bonchev–Trinajstić information content (AvgIpc) is 3.22. The molecule has 0 amide bonds. The number of carboxylic acid groups (broad SMARTS) is 1. The summed E-state index contributed by atoms with van der Waals surface area (Å²) in [5.74, 6) is -2.47. The number of piperidine rings is 1. The summed E-state index contributed by atoms with van der Waals surface area (Å²) in [5.41, 5.74) is 4.86. The Morgan fingerprint density at radius 1 is 1.24 bits per heavy atom. The number of nitrogens with zero attached hydrogens (tertiary/aromatic N) is 3. The molecule has 0 bridgehead atoms. The zero-order chi connectivity index (χ0) is 25.3. The SMILES string of the molecule is Cc1ncsc1CN1CCC2(CC1)c1ccccc1N(CC(C)C)S2(=O)=O.O=C(O)C(F)(F)F. The van der Waals surface area contributed by atoms with Gasteiger partial charge in [-0.05, 0) is 37.3 Å². The minimum atomic E-state index is -5.08. The molecule has 12 heteroatoms. The van der Waals surface area contributed by atoms with Gasteiger partial charge in [-0.15, -0.1) is 11.3 Å². The molecule has 0 aliphatic carbocycles. The highest BCUT2D eigenvalue weighted by molar-refractivity contribution is 7.94. The highest BCUT2D eigenvalue weighted by Crippen LogP contribution is 2.52. The quantitative estimate of drug-likeness (QED) is 0.645. The van der Waals surface area contributed by atoms with Crippen LogP contribution in [-0.4, -0.2) is 55.2 Å². The largest absolute Gasteiger partial charge is 0.490 e. The predicted molar refractivity (Wildman–Crippen MR) is 124 cm³/mol. The molecule has 0 atom stereocenters. The lowest BCUT2D eigenvalue weighted by molar-refractivity contribution is -0.192. The molecule has 4 rings (SSSR count). The number of aliphatic carboxylic acids is 1. The van der Waals surface area contributed by atoms with Crippen LogP contribution in [0.1, 0.15) is 42.8 Å². The summed E-state index contributed by atoms with van der Waals surface area (Å²) < 4.78 is 59.9. The fourth-order valence-electron chi connectivity index (χ4n) is 4.36. The van der Waals surface area contributed by atoms with Gasteiger partial charge in [0, 0.05) is 31.1 Å². The Morgan fingerprint density at radius 3 is 2.32 bits per heavy atom. The molecule has 1 spiro atoms. The van der Waals surface area contributed by atoms with Crippen molar-refractivity contribution in [2.45, 2.75) is 51.1 Å². The maximum Gasteiger partial charge on any atom is 0.490 e. The minimum absolute atomic E-state index is 0.289. The second-order valence-corrected chi connectivity index (χ2v) is 12.0. The number of benzene rings is 1. The van der Waals surface area contributed by atoms with Gasteiger partial charge < -0.3 is 5.11 Å². The van der Waals surface area contributed by atoms with Crippen molar-refractivity contribution < 1.29 is 31.5 Å². The molecule has 2 aliphatic rings. The molecule has 1 saturated heterocycles. The van der Waals surface area contributed by atoms with Crippen molar-refractivity contribution in [1.29, 1.82) is 0 Å². The minimum Gasteiger partial charge on any atom is -0.475 e. The van der Waals surface area contributed by atoms with E-state index in [9.17, 15) is 21.6 Å².